The fourth-order valence-corrected chi connectivity index (χ4v) is 0.912. The van der Waals surface area contributed by atoms with Crippen LogP contribution >= 0.6 is 0 Å². The van der Waals surface area contributed by atoms with Crippen LogP contribution < -0.4 is 0 Å². The Morgan fingerprint density at radius 1 is 1.20 bits per heavy atom. The van der Waals surface area contributed by atoms with E-state index in [1.54, 1.807) is 0 Å². The Hall–Kier alpha value is -0.260. The third-order valence-electron chi connectivity index (χ3n) is 2.22. The van der Waals surface area contributed by atoms with E-state index in [-0.39, 0.29) is 0 Å². The summed E-state index contributed by atoms with van der Waals surface area (Å²) < 4.78 is 0. The standard InChI is InChI=1S/C10H20/c1-5-7-8-10(4)9(3)6-2/h7-10H,5-6H2,1-4H3/b8-7-. The van der Waals surface area contributed by atoms with Crippen molar-refractivity contribution in [3.8, 4) is 0 Å². The highest BCUT2D eigenvalue weighted by molar-refractivity contribution is 4.87. The van der Waals surface area contributed by atoms with Crippen molar-refractivity contribution in [3.63, 3.8) is 0 Å². The quantitative estimate of drug-likeness (QED) is 0.523. The lowest BCUT2D eigenvalue weighted by Gasteiger charge is -2.13. The largest absolute Gasteiger partial charge is 0.0885 e. The molecule has 0 fully saturated rings. The molecule has 0 heterocycles. The first-order chi connectivity index (χ1) is 4.72. The summed E-state index contributed by atoms with van der Waals surface area (Å²) in [7, 11) is 0. The highest BCUT2D eigenvalue weighted by Crippen LogP contribution is 2.15. The van der Waals surface area contributed by atoms with E-state index in [0.29, 0.717) is 0 Å². The van der Waals surface area contributed by atoms with Gasteiger partial charge >= 0.3 is 0 Å². The van der Waals surface area contributed by atoms with Crippen molar-refractivity contribution < 1.29 is 0 Å². The van der Waals surface area contributed by atoms with Gasteiger partial charge < -0.3 is 0 Å². The molecule has 0 rings (SSSR count). The van der Waals surface area contributed by atoms with Crippen LogP contribution in [0.3, 0.4) is 0 Å². The number of allylic oxidation sites excluding steroid dienone is 2. The molecule has 2 unspecified atom stereocenters. The zero-order valence-corrected chi connectivity index (χ0v) is 7.72. The van der Waals surface area contributed by atoms with Crippen molar-refractivity contribution in [2.45, 2.75) is 40.5 Å². The maximum absolute atomic E-state index is 2.33. The number of hydrogen-bond acceptors (Lipinski definition) is 0. The Kier molecular flexibility index (Phi) is 5.38. The molecule has 0 nitrogen and oxygen atoms in total. The molecule has 0 spiro atoms. The molecule has 0 bridgehead atoms. The molecule has 0 saturated carbocycles. The summed E-state index contributed by atoms with van der Waals surface area (Å²) in [4.78, 5) is 0. The molecule has 60 valence electrons. The summed E-state index contributed by atoms with van der Waals surface area (Å²) in [5.74, 6) is 1.59. The van der Waals surface area contributed by atoms with Gasteiger partial charge in [0, 0.05) is 0 Å². The van der Waals surface area contributed by atoms with Crippen molar-refractivity contribution in [1.82, 2.24) is 0 Å². The molecule has 2 atom stereocenters. The topological polar surface area (TPSA) is 0 Å². The fourth-order valence-electron chi connectivity index (χ4n) is 0.912. The summed E-state index contributed by atoms with van der Waals surface area (Å²) in [6.07, 6.45) is 7.04. The lowest BCUT2D eigenvalue weighted by molar-refractivity contribution is 0.446. The van der Waals surface area contributed by atoms with E-state index in [2.05, 4.69) is 39.8 Å². The SMILES string of the molecule is CC/C=C\C(C)C(C)CC. The van der Waals surface area contributed by atoms with E-state index in [1.807, 2.05) is 0 Å². The van der Waals surface area contributed by atoms with Gasteiger partial charge in [0.25, 0.3) is 0 Å². The van der Waals surface area contributed by atoms with Crippen molar-refractivity contribution in [3.05, 3.63) is 12.2 Å². The summed E-state index contributed by atoms with van der Waals surface area (Å²) in [6.45, 7) is 9.03. The van der Waals surface area contributed by atoms with Crippen LogP contribution in [0.1, 0.15) is 40.5 Å². The molecule has 0 aliphatic heterocycles. The van der Waals surface area contributed by atoms with Crippen molar-refractivity contribution >= 4 is 0 Å². The van der Waals surface area contributed by atoms with Gasteiger partial charge in [0.2, 0.25) is 0 Å². The van der Waals surface area contributed by atoms with E-state index in [0.717, 1.165) is 11.8 Å². The van der Waals surface area contributed by atoms with Crippen LogP contribution in [0.15, 0.2) is 12.2 Å². The van der Waals surface area contributed by atoms with Crippen molar-refractivity contribution in [2.75, 3.05) is 0 Å². The van der Waals surface area contributed by atoms with Gasteiger partial charge in [0.05, 0.1) is 0 Å². The minimum atomic E-state index is 0.755. The molecule has 10 heavy (non-hydrogen) atoms. The molecule has 0 saturated heterocycles. The molecule has 0 radical (unpaired) electrons. The van der Waals surface area contributed by atoms with Crippen LogP contribution in [0, 0.1) is 11.8 Å². The second-order valence-electron chi connectivity index (χ2n) is 3.08. The Bertz CT molecular complexity index is 92.2. The van der Waals surface area contributed by atoms with Crippen LogP contribution in [0.5, 0.6) is 0 Å². The lowest BCUT2D eigenvalue weighted by Crippen LogP contribution is -2.02. The molecular weight excluding hydrogens is 120 g/mol. The molecule has 0 aliphatic rings. The number of hydrogen-bond donors (Lipinski definition) is 0. The van der Waals surface area contributed by atoms with Crippen LogP contribution in [-0.2, 0) is 0 Å². The lowest BCUT2D eigenvalue weighted by atomic mass is 9.93. The first kappa shape index (κ1) is 9.74. The normalized spacial score (nSPS) is 17.6. The fraction of sp³-hybridized carbons (Fsp3) is 0.800. The predicted octanol–water partition coefficient (Wildman–Crippen LogP) is 3.63. The first-order valence-electron chi connectivity index (χ1n) is 4.39. The minimum Gasteiger partial charge on any atom is -0.0885 e. The Labute approximate surface area is 65.3 Å². The molecular formula is C10H20. The monoisotopic (exact) mass is 140 g/mol. The molecule has 0 aromatic rings. The van der Waals surface area contributed by atoms with Gasteiger partial charge in [0.15, 0.2) is 0 Å². The maximum Gasteiger partial charge on any atom is -0.0236 e. The second-order valence-corrected chi connectivity index (χ2v) is 3.08. The summed E-state index contributed by atoms with van der Waals surface area (Å²) in [6, 6.07) is 0. The Morgan fingerprint density at radius 2 is 1.80 bits per heavy atom. The highest BCUT2D eigenvalue weighted by atomic mass is 14.1. The van der Waals surface area contributed by atoms with Crippen molar-refractivity contribution in [1.29, 1.82) is 0 Å². The predicted molar refractivity (Wildman–Crippen MR) is 48.1 cm³/mol. The van der Waals surface area contributed by atoms with Gasteiger partial charge in [-0.25, -0.2) is 0 Å². The summed E-state index contributed by atoms with van der Waals surface area (Å²) in [5, 5.41) is 0. The van der Waals surface area contributed by atoms with Crippen LogP contribution in [0.4, 0.5) is 0 Å². The summed E-state index contributed by atoms with van der Waals surface area (Å²) in [5.41, 5.74) is 0. The van der Waals surface area contributed by atoms with E-state index < -0.39 is 0 Å². The van der Waals surface area contributed by atoms with Crippen molar-refractivity contribution in [2.24, 2.45) is 11.8 Å². The van der Waals surface area contributed by atoms with Gasteiger partial charge in [-0.15, -0.1) is 0 Å². The third kappa shape index (κ3) is 3.71. The third-order valence-corrected chi connectivity index (χ3v) is 2.22. The Balaban J connectivity index is 3.60. The summed E-state index contributed by atoms with van der Waals surface area (Å²) >= 11 is 0. The van der Waals surface area contributed by atoms with E-state index in [4.69, 9.17) is 0 Å². The average molecular weight is 140 g/mol. The van der Waals surface area contributed by atoms with Gasteiger partial charge in [0.1, 0.15) is 0 Å². The van der Waals surface area contributed by atoms with Gasteiger partial charge in [-0.1, -0.05) is 46.3 Å². The van der Waals surface area contributed by atoms with E-state index in [1.165, 1.54) is 12.8 Å². The minimum absolute atomic E-state index is 0.755. The van der Waals surface area contributed by atoms with Crippen LogP contribution in [0.2, 0.25) is 0 Å². The molecule has 0 N–H and O–H groups in total. The first-order valence-corrected chi connectivity index (χ1v) is 4.39. The molecule has 0 aromatic heterocycles. The number of rotatable bonds is 4. The molecule has 0 aromatic carbocycles. The zero-order valence-electron chi connectivity index (χ0n) is 7.72. The molecule has 0 amide bonds. The van der Waals surface area contributed by atoms with Gasteiger partial charge in [-0.3, -0.25) is 0 Å². The van der Waals surface area contributed by atoms with Crippen LogP contribution in [-0.4, -0.2) is 0 Å². The second kappa shape index (κ2) is 5.52. The molecule has 0 heteroatoms. The zero-order chi connectivity index (χ0) is 7.98. The average Bonchev–Trinajstić information content (AvgIpc) is 1.98. The van der Waals surface area contributed by atoms with Gasteiger partial charge in [-0.2, -0.15) is 0 Å². The van der Waals surface area contributed by atoms with Gasteiger partial charge in [-0.05, 0) is 18.3 Å². The highest BCUT2D eigenvalue weighted by Gasteiger charge is 2.04. The smallest absolute Gasteiger partial charge is 0.0236 e. The maximum atomic E-state index is 2.33. The van der Waals surface area contributed by atoms with Crippen LogP contribution in [0.25, 0.3) is 0 Å². The van der Waals surface area contributed by atoms with E-state index >= 15 is 0 Å². The van der Waals surface area contributed by atoms with E-state index in [9.17, 15) is 0 Å². The molecule has 0 aliphatic carbocycles. The Morgan fingerprint density at radius 3 is 2.20 bits per heavy atom.